The van der Waals surface area contributed by atoms with E-state index >= 15 is 0 Å². The Morgan fingerprint density at radius 1 is 1.32 bits per heavy atom. The molecule has 0 aromatic carbocycles. The summed E-state index contributed by atoms with van der Waals surface area (Å²) < 4.78 is 8.92. The lowest BCUT2D eigenvalue weighted by atomic mass is 10.2. The van der Waals surface area contributed by atoms with Crippen LogP contribution in [0.15, 0.2) is 41.5 Å². The van der Waals surface area contributed by atoms with Crippen LogP contribution in [0.25, 0.3) is 0 Å². The minimum Gasteiger partial charge on any atom is -0.476 e. The molecule has 1 aliphatic carbocycles. The number of hydrogen-bond donors (Lipinski definition) is 1. The van der Waals surface area contributed by atoms with Gasteiger partial charge in [-0.2, -0.15) is 5.10 Å². The Kier molecular flexibility index (Phi) is 4.85. The summed E-state index contributed by atoms with van der Waals surface area (Å²) in [5.41, 5.74) is 3.43. The zero-order valence-electron chi connectivity index (χ0n) is 16.3. The highest BCUT2D eigenvalue weighted by Crippen LogP contribution is 2.46. The molecule has 3 heterocycles. The van der Waals surface area contributed by atoms with Crippen LogP contribution in [-0.4, -0.2) is 31.2 Å². The molecule has 2 atom stereocenters. The summed E-state index contributed by atoms with van der Waals surface area (Å²) in [5.74, 6) is 1.31. The van der Waals surface area contributed by atoms with E-state index in [2.05, 4.69) is 26.6 Å². The predicted octanol–water partition coefficient (Wildman–Crippen LogP) is 2.01. The maximum atomic E-state index is 12.3. The Labute approximate surface area is 163 Å². The molecule has 1 N–H and O–H groups in total. The molecule has 0 radical (unpaired) electrons. The standard InChI is InChI=1S/C20H24N6O2/c1-13-5-4-6-17(23-13)16-7-15(16)12-28-19-8-18(20(27)26(3)24-19)21-9-14-10-22-25(2)11-14/h4-6,8,10-11,15-16,21H,7,9,12H2,1-3H3/t15-,16+/m1/s1. The van der Waals surface area contributed by atoms with Gasteiger partial charge in [-0.1, -0.05) is 6.07 Å². The summed E-state index contributed by atoms with van der Waals surface area (Å²) in [4.78, 5) is 16.9. The number of aryl methyl sites for hydroxylation is 3. The van der Waals surface area contributed by atoms with Gasteiger partial charge in [-0.15, -0.1) is 5.10 Å². The molecule has 8 nitrogen and oxygen atoms in total. The fourth-order valence-corrected chi connectivity index (χ4v) is 3.30. The van der Waals surface area contributed by atoms with Gasteiger partial charge in [-0.05, 0) is 25.5 Å². The second-order valence-corrected chi connectivity index (χ2v) is 7.32. The van der Waals surface area contributed by atoms with Gasteiger partial charge >= 0.3 is 0 Å². The summed E-state index contributed by atoms with van der Waals surface area (Å²) in [5, 5.41) is 11.5. The normalized spacial score (nSPS) is 18.1. The Bertz CT molecular complexity index is 1040. The average Bonchev–Trinajstić information content (AvgIpc) is 3.34. The lowest BCUT2D eigenvalue weighted by molar-refractivity contribution is 0.278. The topological polar surface area (TPSA) is 86.9 Å². The highest BCUT2D eigenvalue weighted by atomic mass is 16.5. The van der Waals surface area contributed by atoms with Crippen LogP contribution in [0, 0.1) is 12.8 Å². The summed E-state index contributed by atoms with van der Waals surface area (Å²) in [6, 6.07) is 7.79. The van der Waals surface area contributed by atoms with Gasteiger partial charge < -0.3 is 10.1 Å². The van der Waals surface area contributed by atoms with Crippen molar-refractivity contribution in [3.63, 3.8) is 0 Å². The minimum atomic E-state index is -0.190. The quantitative estimate of drug-likeness (QED) is 0.675. The molecule has 3 aromatic rings. The molecule has 3 aromatic heterocycles. The van der Waals surface area contributed by atoms with Gasteiger partial charge in [-0.3, -0.25) is 14.5 Å². The zero-order valence-corrected chi connectivity index (χ0v) is 16.3. The number of aromatic nitrogens is 5. The van der Waals surface area contributed by atoms with Gasteiger partial charge in [0.25, 0.3) is 5.56 Å². The SMILES string of the molecule is Cc1cccc([C@H]2C[C@@H]2COc2cc(NCc3cnn(C)c3)c(=O)n(C)n2)n1. The van der Waals surface area contributed by atoms with Crippen molar-refractivity contribution < 1.29 is 4.74 Å². The molecule has 146 valence electrons. The van der Waals surface area contributed by atoms with E-state index in [-0.39, 0.29) is 5.56 Å². The van der Waals surface area contributed by atoms with Crippen LogP contribution in [0.5, 0.6) is 5.88 Å². The second-order valence-electron chi connectivity index (χ2n) is 7.32. The molecule has 0 bridgehead atoms. The first-order chi connectivity index (χ1) is 13.5. The number of anilines is 1. The van der Waals surface area contributed by atoms with Gasteiger partial charge in [0.05, 0.1) is 12.8 Å². The summed E-state index contributed by atoms with van der Waals surface area (Å²) >= 11 is 0. The van der Waals surface area contributed by atoms with Crippen LogP contribution < -0.4 is 15.6 Å². The van der Waals surface area contributed by atoms with Gasteiger partial charge in [0.2, 0.25) is 5.88 Å². The predicted molar refractivity (Wildman–Crippen MR) is 105 cm³/mol. The smallest absolute Gasteiger partial charge is 0.290 e. The van der Waals surface area contributed by atoms with Crippen molar-refractivity contribution in [1.29, 1.82) is 0 Å². The molecule has 8 heteroatoms. The van der Waals surface area contributed by atoms with E-state index < -0.39 is 0 Å². The molecule has 0 aliphatic heterocycles. The van der Waals surface area contributed by atoms with Crippen molar-refractivity contribution in [2.24, 2.45) is 20.0 Å². The Morgan fingerprint density at radius 2 is 2.18 bits per heavy atom. The van der Waals surface area contributed by atoms with E-state index in [1.165, 1.54) is 4.68 Å². The number of nitrogens with one attached hydrogen (secondary N) is 1. The summed E-state index contributed by atoms with van der Waals surface area (Å²) in [7, 11) is 3.49. The molecule has 0 saturated heterocycles. The monoisotopic (exact) mass is 380 g/mol. The molecule has 1 aliphatic rings. The van der Waals surface area contributed by atoms with Crippen molar-refractivity contribution in [2.75, 3.05) is 11.9 Å². The first-order valence-electron chi connectivity index (χ1n) is 9.35. The Morgan fingerprint density at radius 3 is 2.93 bits per heavy atom. The maximum absolute atomic E-state index is 12.3. The van der Waals surface area contributed by atoms with E-state index in [0.29, 0.717) is 36.6 Å². The first-order valence-corrected chi connectivity index (χ1v) is 9.35. The van der Waals surface area contributed by atoms with E-state index in [4.69, 9.17) is 4.74 Å². The largest absolute Gasteiger partial charge is 0.476 e. The second kappa shape index (κ2) is 7.46. The van der Waals surface area contributed by atoms with E-state index in [1.807, 2.05) is 32.3 Å². The number of ether oxygens (including phenoxy) is 1. The van der Waals surface area contributed by atoms with Gasteiger partial charge in [0, 0.05) is 61.7 Å². The number of pyridine rings is 1. The average molecular weight is 380 g/mol. The molecule has 0 unspecified atom stereocenters. The third-order valence-electron chi connectivity index (χ3n) is 4.94. The maximum Gasteiger partial charge on any atom is 0.290 e. The summed E-state index contributed by atoms with van der Waals surface area (Å²) in [6.07, 6.45) is 4.74. The number of nitrogens with zero attached hydrogens (tertiary/aromatic N) is 5. The van der Waals surface area contributed by atoms with Crippen molar-refractivity contribution >= 4 is 5.69 Å². The van der Waals surface area contributed by atoms with Gasteiger partial charge in [-0.25, -0.2) is 4.68 Å². The van der Waals surface area contributed by atoms with E-state index in [9.17, 15) is 4.79 Å². The highest BCUT2D eigenvalue weighted by Gasteiger charge is 2.40. The van der Waals surface area contributed by atoms with Crippen LogP contribution in [0.2, 0.25) is 0 Å². The van der Waals surface area contributed by atoms with E-state index in [0.717, 1.165) is 23.4 Å². The van der Waals surface area contributed by atoms with Crippen LogP contribution in [-0.2, 0) is 20.6 Å². The first kappa shape index (κ1) is 18.2. The molecule has 1 fully saturated rings. The van der Waals surface area contributed by atoms with Crippen molar-refractivity contribution in [3.05, 3.63) is 64.0 Å². The fraction of sp³-hybridized carbons (Fsp3) is 0.400. The third kappa shape index (κ3) is 4.05. The number of hydrogen-bond acceptors (Lipinski definition) is 6. The lowest BCUT2D eigenvalue weighted by Gasteiger charge is -2.10. The van der Waals surface area contributed by atoms with Crippen LogP contribution in [0.4, 0.5) is 5.69 Å². The molecule has 0 spiro atoms. The van der Waals surface area contributed by atoms with Crippen LogP contribution in [0.3, 0.4) is 0 Å². The minimum absolute atomic E-state index is 0.190. The molecule has 0 amide bonds. The van der Waals surface area contributed by atoms with Gasteiger partial charge in [0.15, 0.2) is 0 Å². The van der Waals surface area contributed by atoms with Crippen LogP contribution >= 0.6 is 0 Å². The Hall–Kier alpha value is -3.16. The molecular weight excluding hydrogens is 356 g/mol. The van der Waals surface area contributed by atoms with Crippen molar-refractivity contribution in [2.45, 2.75) is 25.8 Å². The highest BCUT2D eigenvalue weighted by molar-refractivity contribution is 5.43. The lowest BCUT2D eigenvalue weighted by Crippen LogP contribution is -2.24. The number of rotatable bonds is 7. The van der Waals surface area contributed by atoms with E-state index in [1.54, 1.807) is 24.0 Å². The molecule has 1 saturated carbocycles. The molecule has 28 heavy (non-hydrogen) atoms. The zero-order chi connectivity index (χ0) is 19.7. The van der Waals surface area contributed by atoms with Crippen molar-refractivity contribution in [3.8, 4) is 5.88 Å². The molecule has 4 rings (SSSR count). The van der Waals surface area contributed by atoms with Crippen molar-refractivity contribution in [1.82, 2.24) is 24.5 Å². The third-order valence-corrected chi connectivity index (χ3v) is 4.94. The fourth-order valence-electron chi connectivity index (χ4n) is 3.30. The summed E-state index contributed by atoms with van der Waals surface area (Å²) in [6.45, 7) is 3.08. The van der Waals surface area contributed by atoms with Crippen LogP contribution in [0.1, 0.15) is 29.3 Å². The van der Waals surface area contributed by atoms with Gasteiger partial charge in [0.1, 0.15) is 5.69 Å². The Balaban J connectivity index is 1.38. The molecular formula is C20H24N6O2.